The van der Waals surface area contributed by atoms with Gasteiger partial charge in [-0.05, 0) is 18.7 Å². The number of carboxylic acid groups (broad SMARTS) is 1. The van der Waals surface area contributed by atoms with Crippen LogP contribution in [-0.2, 0) is 9.59 Å². The van der Waals surface area contributed by atoms with Crippen molar-refractivity contribution in [2.75, 3.05) is 13.1 Å². The summed E-state index contributed by atoms with van der Waals surface area (Å²) in [6.07, 6.45) is 0.736. The Hall–Kier alpha value is -2.41. The molecular formula is C15H21N3O4. The highest BCUT2D eigenvalue weighted by atomic mass is 16.4. The maximum Gasteiger partial charge on any atom is 0.326 e. The van der Waals surface area contributed by atoms with Crippen LogP contribution in [0.25, 0.3) is 0 Å². The fourth-order valence-corrected chi connectivity index (χ4v) is 2.18. The summed E-state index contributed by atoms with van der Waals surface area (Å²) in [6.45, 7) is 2.87. The number of hydrogen-bond acceptors (Lipinski definition) is 4. The average molecular weight is 307 g/mol. The highest BCUT2D eigenvalue weighted by molar-refractivity contribution is 5.94. The summed E-state index contributed by atoms with van der Waals surface area (Å²) in [5, 5.41) is 11.7. The lowest BCUT2D eigenvalue weighted by Gasteiger charge is -2.14. The molecule has 7 nitrogen and oxygen atoms in total. The van der Waals surface area contributed by atoms with Crippen molar-refractivity contribution in [3.8, 4) is 0 Å². The summed E-state index contributed by atoms with van der Waals surface area (Å²) < 4.78 is 0. The van der Waals surface area contributed by atoms with Crippen LogP contribution in [0.4, 0.5) is 0 Å². The van der Waals surface area contributed by atoms with Gasteiger partial charge >= 0.3 is 5.97 Å². The summed E-state index contributed by atoms with van der Waals surface area (Å²) in [5.74, 6) is -1.31. The Morgan fingerprint density at radius 1 is 1.41 bits per heavy atom. The SMILES string of the molecule is CCN.O=CN1CC(NC(=O)c2ccccc2)CC1C(=O)O. The topological polar surface area (TPSA) is 113 Å². The minimum Gasteiger partial charge on any atom is -0.480 e. The summed E-state index contributed by atoms with van der Waals surface area (Å²) in [6, 6.07) is 7.47. The maximum atomic E-state index is 11.9. The van der Waals surface area contributed by atoms with Gasteiger partial charge < -0.3 is 21.1 Å². The van der Waals surface area contributed by atoms with E-state index in [0.717, 1.165) is 6.54 Å². The first-order chi connectivity index (χ1) is 10.5. The molecule has 1 fully saturated rings. The number of nitrogens with zero attached hydrogens (tertiary/aromatic N) is 1. The quantitative estimate of drug-likeness (QED) is 0.681. The van der Waals surface area contributed by atoms with Crippen LogP contribution in [0.5, 0.6) is 0 Å². The minimum absolute atomic E-state index is 0.221. The molecule has 1 aromatic carbocycles. The van der Waals surface area contributed by atoms with E-state index in [9.17, 15) is 14.4 Å². The van der Waals surface area contributed by atoms with Crippen LogP contribution < -0.4 is 11.1 Å². The van der Waals surface area contributed by atoms with Crippen molar-refractivity contribution < 1.29 is 19.5 Å². The number of carbonyl (C=O) groups excluding carboxylic acids is 2. The molecule has 2 amide bonds. The number of amides is 2. The molecule has 1 aromatic rings. The van der Waals surface area contributed by atoms with E-state index in [2.05, 4.69) is 5.32 Å². The minimum atomic E-state index is -1.05. The molecule has 2 atom stereocenters. The standard InChI is InChI=1S/C13H14N2O4.C2H7N/c16-8-15-7-10(6-11(15)13(18)19)14-12(17)9-4-2-1-3-5-9;1-2-3/h1-5,8,10-11H,6-7H2,(H,14,17)(H,18,19);2-3H2,1H3. The molecule has 4 N–H and O–H groups in total. The van der Waals surface area contributed by atoms with Crippen LogP contribution in [0.3, 0.4) is 0 Å². The molecule has 2 rings (SSSR count). The molecule has 0 saturated carbocycles. The Morgan fingerprint density at radius 2 is 2.00 bits per heavy atom. The molecule has 7 heteroatoms. The van der Waals surface area contributed by atoms with E-state index in [-0.39, 0.29) is 24.9 Å². The molecule has 2 unspecified atom stereocenters. The number of benzene rings is 1. The van der Waals surface area contributed by atoms with Crippen molar-refractivity contribution in [3.05, 3.63) is 35.9 Å². The summed E-state index contributed by atoms with van der Waals surface area (Å²) in [7, 11) is 0. The van der Waals surface area contributed by atoms with E-state index >= 15 is 0 Å². The number of hydrogen-bond donors (Lipinski definition) is 3. The van der Waals surface area contributed by atoms with Crippen LogP contribution in [0.1, 0.15) is 23.7 Å². The van der Waals surface area contributed by atoms with Crippen LogP contribution in [0.15, 0.2) is 30.3 Å². The van der Waals surface area contributed by atoms with E-state index < -0.39 is 12.0 Å². The Morgan fingerprint density at radius 3 is 2.45 bits per heavy atom. The van der Waals surface area contributed by atoms with Crippen LogP contribution >= 0.6 is 0 Å². The van der Waals surface area contributed by atoms with Crippen LogP contribution in [0, 0.1) is 0 Å². The lowest BCUT2D eigenvalue weighted by molar-refractivity contribution is -0.144. The molecule has 1 heterocycles. The van der Waals surface area contributed by atoms with Gasteiger partial charge in [0.05, 0.1) is 0 Å². The third-order valence-electron chi connectivity index (χ3n) is 3.13. The van der Waals surface area contributed by atoms with Crippen molar-refractivity contribution in [2.24, 2.45) is 5.73 Å². The van der Waals surface area contributed by atoms with Gasteiger partial charge in [0.15, 0.2) is 0 Å². The van der Waals surface area contributed by atoms with E-state index in [1.807, 2.05) is 6.92 Å². The Labute approximate surface area is 129 Å². The number of nitrogens with two attached hydrogens (primary N) is 1. The molecular weight excluding hydrogens is 286 g/mol. The van der Waals surface area contributed by atoms with E-state index in [1.54, 1.807) is 30.3 Å². The normalized spacial score (nSPS) is 19.8. The number of carboxylic acids is 1. The van der Waals surface area contributed by atoms with Crippen molar-refractivity contribution in [1.82, 2.24) is 10.2 Å². The van der Waals surface area contributed by atoms with Gasteiger partial charge in [-0.2, -0.15) is 0 Å². The second-order valence-corrected chi connectivity index (χ2v) is 4.84. The van der Waals surface area contributed by atoms with Crippen molar-refractivity contribution in [2.45, 2.75) is 25.4 Å². The first-order valence-corrected chi connectivity index (χ1v) is 7.03. The van der Waals surface area contributed by atoms with Gasteiger partial charge in [-0.1, -0.05) is 25.1 Å². The molecule has 120 valence electrons. The van der Waals surface area contributed by atoms with Crippen molar-refractivity contribution >= 4 is 18.3 Å². The predicted octanol–water partition coefficient (Wildman–Crippen LogP) is 0.0653. The molecule has 0 bridgehead atoms. The summed E-state index contributed by atoms with van der Waals surface area (Å²) >= 11 is 0. The monoisotopic (exact) mass is 307 g/mol. The van der Waals surface area contributed by atoms with Gasteiger partial charge in [0.2, 0.25) is 6.41 Å². The Bertz CT molecular complexity index is 507. The number of likely N-dealkylation sites (tertiary alicyclic amines) is 1. The third-order valence-corrected chi connectivity index (χ3v) is 3.13. The first-order valence-electron chi connectivity index (χ1n) is 7.03. The van der Waals surface area contributed by atoms with E-state index in [1.165, 1.54) is 4.90 Å². The fourth-order valence-electron chi connectivity index (χ4n) is 2.18. The molecule has 1 aliphatic heterocycles. The Kier molecular flexibility index (Phi) is 7.04. The second-order valence-electron chi connectivity index (χ2n) is 4.84. The fraction of sp³-hybridized carbons (Fsp3) is 0.400. The maximum absolute atomic E-state index is 11.9. The number of rotatable bonds is 4. The third kappa shape index (κ3) is 4.85. The van der Waals surface area contributed by atoms with E-state index in [4.69, 9.17) is 10.8 Å². The molecule has 1 aliphatic rings. The first kappa shape index (κ1) is 17.6. The molecule has 0 aromatic heterocycles. The van der Waals surface area contributed by atoms with Crippen LogP contribution in [0.2, 0.25) is 0 Å². The molecule has 0 spiro atoms. The second kappa shape index (κ2) is 8.78. The zero-order valence-electron chi connectivity index (χ0n) is 12.4. The summed E-state index contributed by atoms with van der Waals surface area (Å²) in [4.78, 5) is 34.8. The molecule has 0 aliphatic carbocycles. The van der Waals surface area contributed by atoms with Gasteiger partial charge in [0, 0.05) is 24.6 Å². The van der Waals surface area contributed by atoms with Gasteiger partial charge in [0.25, 0.3) is 5.91 Å². The van der Waals surface area contributed by atoms with Crippen molar-refractivity contribution in [1.29, 1.82) is 0 Å². The number of aliphatic carboxylic acids is 1. The lowest BCUT2D eigenvalue weighted by atomic mass is 10.1. The zero-order valence-corrected chi connectivity index (χ0v) is 12.4. The number of carbonyl (C=O) groups is 3. The average Bonchev–Trinajstić information content (AvgIpc) is 2.92. The largest absolute Gasteiger partial charge is 0.480 e. The lowest BCUT2D eigenvalue weighted by Crippen LogP contribution is -2.37. The molecule has 0 radical (unpaired) electrons. The highest BCUT2D eigenvalue weighted by Crippen LogP contribution is 2.16. The molecule has 1 saturated heterocycles. The summed E-state index contributed by atoms with van der Waals surface area (Å²) in [5.41, 5.74) is 5.36. The van der Waals surface area contributed by atoms with Gasteiger partial charge in [0.1, 0.15) is 6.04 Å². The number of nitrogens with one attached hydrogen (secondary N) is 1. The van der Waals surface area contributed by atoms with Crippen LogP contribution in [-0.4, -0.2) is 53.5 Å². The highest BCUT2D eigenvalue weighted by Gasteiger charge is 2.36. The predicted molar refractivity (Wildman–Crippen MR) is 81.2 cm³/mol. The van der Waals surface area contributed by atoms with Gasteiger partial charge in [-0.15, -0.1) is 0 Å². The molecule has 22 heavy (non-hydrogen) atoms. The van der Waals surface area contributed by atoms with E-state index in [0.29, 0.717) is 12.0 Å². The van der Waals surface area contributed by atoms with Gasteiger partial charge in [-0.3, -0.25) is 9.59 Å². The Balaban J connectivity index is 0.000000745. The van der Waals surface area contributed by atoms with Crippen molar-refractivity contribution in [3.63, 3.8) is 0 Å². The van der Waals surface area contributed by atoms with Gasteiger partial charge in [-0.25, -0.2) is 4.79 Å². The zero-order chi connectivity index (χ0) is 16.5. The smallest absolute Gasteiger partial charge is 0.326 e.